The van der Waals surface area contributed by atoms with E-state index in [1.807, 2.05) is 18.2 Å². The fraction of sp³-hybridized carbons (Fsp3) is 0.333. The highest BCUT2D eigenvalue weighted by molar-refractivity contribution is 7.14. The molecule has 0 aliphatic rings. The van der Waals surface area contributed by atoms with E-state index in [0.29, 0.717) is 6.54 Å². The van der Waals surface area contributed by atoms with Crippen molar-refractivity contribution in [1.29, 1.82) is 0 Å². The maximum Gasteiger partial charge on any atom is 0.250 e. The van der Waals surface area contributed by atoms with Crippen molar-refractivity contribution in [3.63, 3.8) is 0 Å². The maximum absolute atomic E-state index is 12.1. The first-order chi connectivity index (χ1) is 9.22. The zero-order chi connectivity index (χ0) is 13.7. The Hall–Kier alpha value is -1.26. The molecule has 0 amide bonds. The SMILES string of the molecule is CCc1c(CNCC(F)F)csc1-c1ccccc1. The van der Waals surface area contributed by atoms with E-state index < -0.39 is 6.43 Å². The van der Waals surface area contributed by atoms with Crippen molar-refractivity contribution < 1.29 is 8.78 Å². The summed E-state index contributed by atoms with van der Waals surface area (Å²) in [7, 11) is 0. The van der Waals surface area contributed by atoms with Crippen molar-refractivity contribution in [2.75, 3.05) is 6.54 Å². The summed E-state index contributed by atoms with van der Waals surface area (Å²) in [5.41, 5.74) is 3.59. The summed E-state index contributed by atoms with van der Waals surface area (Å²) >= 11 is 1.69. The van der Waals surface area contributed by atoms with Crippen LogP contribution in [-0.4, -0.2) is 13.0 Å². The van der Waals surface area contributed by atoms with Gasteiger partial charge >= 0.3 is 0 Å². The minimum Gasteiger partial charge on any atom is -0.307 e. The molecule has 0 aliphatic heterocycles. The lowest BCUT2D eigenvalue weighted by Crippen LogP contribution is -2.20. The molecule has 0 atom stereocenters. The number of rotatable bonds is 6. The van der Waals surface area contributed by atoms with E-state index in [4.69, 9.17) is 0 Å². The summed E-state index contributed by atoms with van der Waals surface area (Å²) in [4.78, 5) is 1.25. The highest BCUT2D eigenvalue weighted by atomic mass is 32.1. The summed E-state index contributed by atoms with van der Waals surface area (Å²) in [5.74, 6) is 0. The van der Waals surface area contributed by atoms with Crippen molar-refractivity contribution in [3.05, 3.63) is 46.8 Å². The Kier molecular flexibility index (Phi) is 5.05. The van der Waals surface area contributed by atoms with Gasteiger partial charge in [-0.1, -0.05) is 37.3 Å². The summed E-state index contributed by atoms with van der Waals surface area (Å²) in [5, 5.41) is 4.87. The van der Waals surface area contributed by atoms with E-state index in [9.17, 15) is 8.78 Å². The van der Waals surface area contributed by atoms with Gasteiger partial charge in [-0.3, -0.25) is 0 Å². The number of thiophene rings is 1. The van der Waals surface area contributed by atoms with E-state index >= 15 is 0 Å². The van der Waals surface area contributed by atoms with Crippen LogP contribution in [0.1, 0.15) is 18.1 Å². The Labute approximate surface area is 116 Å². The highest BCUT2D eigenvalue weighted by Gasteiger charge is 2.12. The molecule has 19 heavy (non-hydrogen) atoms. The van der Waals surface area contributed by atoms with E-state index in [2.05, 4.69) is 29.8 Å². The van der Waals surface area contributed by atoms with Crippen LogP contribution >= 0.6 is 11.3 Å². The standard InChI is InChI=1S/C15H17F2NS/c1-2-13-12(8-18-9-14(16)17)10-19-15(13)11-6-4-3-5-7-11/h3-7,10,14,18H,2,8-9H2,1H3. The lowest BCUT2D eigenvalue weighted by Gasteiger charge is -2.07. The Morgan fingerprint density at radius 3 is 2.58 bits per heavy atom. The van der Waals surface area contributed by atoms with Crippen molar-refractivity contribution >= 4 is 11.3 Å². The molecular formula is C15H17F2NS. The van der Waals surface area contributed by atoms with Crippen molar-refractivity contribution in [3.8, 4) is 10.4 Å². The molecule has 0 unspecified atom stereocenters. The molecule has 1 nitrogen and oxygen atoms in total. The van der Waals surface area contributed by atoms with E-state index in [1.54, 1.807) is 11.3 Å². The van der Waals surface area contributed by atoms with Gasteiger partial charge in [0.2, 0.25) is 0 Å². The zero-order valence-corrected chi connectivity index (χ0v) is 11.6. The van der Waals surface area contributed by atoms with E-state index in [0.717, 1.165) is 12.0 Å². The molecule has 0 bridgehead atoms. The molecule has 1 aromatic heterocycles. The second-order valence-corrected chi connectivity index (χ2v) is 5.19. The molecule has 0 saturated carbocycles. The first-order valence-electron chi connectivity index (χ1n) is 6.36. The molecule has 0 fully saturated rings. The van der Waals surface area contributed by atoms with Gasteiger partial charge in [0.15, 0.2) is 0 Å². The highest BCUT2D eigenvalue weighted by Crippen LogP contribution is 2.33. The molecule has 102 valence electrons. The number of hydrogen-bond acceptors (Lipinski definition) is 2. The topological polar surface area (TPSA) is 12.0 Å². The van der Waals surface area contributed by atoms with Crippen LogP contribution in [0, 0.1) is 0 Å². The summed E-state index contributed by atoms with van der Waals surface area (Å²) in [6.45, 7) is 2.36. The van der Waals surface area contributed by atoms with Gasteiger partial charge in [0.25, 0.3) is 6.43 Å². The third-order valence-electron chi connectivity index (χ3n) is 2.98. The lowest BCUT2D eigenvalue weighted by atomic mass is 10.0. The lowest BCUT2D eigenvalue weighted by molar-refractivity contribution is 0.145. The van der Waals surface area contributed by atoms with Crippen molar-refractivity contribution in [2.24, 2.45) is 0 Å². The minimum absolute atomic E-state index is 0.250. The number of benzene rings is 1. The summed E-state index contributed by atoms with van der Waals surface area (Å²) in [6, 6.07) is 10.2. The Morgan fingerprint density at radius 1 is 1.21 bits per heavy atom. The first-order valence-corrected chi connectivity index (χ1v) is 7.23. The first kappa shape index (κ1) is 14.2. The predicted octanol–water partition coefficient (Wildman–Crippen LogP) is 4.33. The van der Waals surface area contributed by atoms with Crippen LogP contribution in [0.4, 0.5) is 8.78 Å². The molecule has 1 aromatic carbocycles. The van der Waals surface area contributed by atoms with Crippen LogP contribution < -0.4 is 5.32 Å². The van der Waals surface area contributed by atoms with Crippen LogP contribution in [0.2, 0.25) is 0 Å². The molecule has 0 spiro atoms. The average Bonchev–Trinajstić information content (AvgIpc) is 2.82. The summed E-state index contributed by atoms with van der Waals surface area (Å²) < 4.78 is 24.3. The van der Waals surface area contributed by atoms with Crippen molar-refractivity contribution in [1.82, 2.24) is 5.32 Å². The molecule has 1 N–H and O–H groups in total. The van der Waals surface area contributed by atoms with Gasteiger partial charge in [0.05, 0.1) is 6.54 Å². The average molecular weight is 281 g/mol. The maximum atomic E-state index is 12.1. The van der Waals surface area contributed by atoms with Crippen LogP contribution in [-0.2, 0) is 13.0 Å². The predicted molar refractivity (Wildman–Crippen MR) is 76.8 cm³/mol. The second kappa shape index (κ2) is 6.78. The number of alkyl halides is 2. The molecule has 0 aliphatic carbocycles. The molecule has 2 aromatic rings. The summed E-state index contributed by atoms with van der Waals surface area (Å²) in [6.07, 6.45) is -1.38. The normalized spacial score (nSPS) is 11.2. The Bertz CT molecular complexity index is 508. The molecule has 0 saturated heterocycles. The van der Waals surface area contributed by atoms with Crippen LogP contribution in [0.3, 0.4) is 0 Å². The monoisotopic (exact) mass is 281 g/mol. The van der Waals surface area contributed by atoms with E-state index in [-0.39, 0.29) is 6.54 Å². The third kappa shape index (κ3) is 3.61. The van der Waals surface area contributed by atoms with Gasteiger partial charge in [-0.05, 0) is 28.5 Å². The van der Waals surface area contributed by atoms with Crippen molar-refractivity contribution in [2.45, 2.75) is 26.3 Å². The third-order valence-corrected chi connectivity index (χ3v) is 4.10. The quantitative estimate of drug-likeness (QED) is 0.831. The molecular weight excluding hydrogens is 264 g/mol. The van der Waals surface area contributed by atoms with Gasteiger partial charge in [-0.15, -0.1) is 11.3 Å². The molecule has 0 radical (unpaired) electrons. The molecule has 4 heteroatoms. The van der Waals surface area contributed by atoms with Gasteiger partial charge in [0.1, 0.15) is 0 Å². The fourth-order valence-electron chi connectivity index (χ4n) is 2.10. The number of hydrogen-bond donors (Lipinski definition) is 1. The zero-order valence-electron chi connectivity index (χ0n) is 10.8. The minimum atomic E-state index is -2.29. The smallest absolute Gasteiger partial charge is 0.250 e. The number of halogens is 2. The van der Waals surface area contributed by atoms with Gasteiger partial charge in [-0.25, -0.2) is 8.78 Å². The van der Waals surface area contributed by atoms with Gasteiger partial charge in [0, 0.05) is 11.4 Å². The van der Waals surface area contributed by atoms with Gasteiger partial charge in [-0.2, -0.15) is 0 Å². The fourth-order valence-corrected chi connectivity index (χ4v) is 3.28. The second-order valence-electron chi connectivity index (χ2n) is 4.31. The van der Waals surface area contributed by atoms with Crippen LogP contribution in [0.15, 0.2) is 35.7 Å². The van der Waals surface area contributed by atoms with Crippen LogP contribution in [0.5, 0.6) is 0 Å². The Balaban J connectivity index is 2.16. The number of nitrogens with one attached hydrogen (secondary N) is 1. The van der Waals surface area contributed by atoms with Gasteiger partial charge < -0.3 is 5.32 Å². The van der Waals surface area contributed by atoms with E-state index in [1.165, 1.54) is 16.0 Å². The molecule has 2 rings (SSSR count). The van der Waals surface area contributed by atoms with Crippen LogP contribution in [0.25, 0.3) is 10.4 Å². The Morgan fingerprint density at radius 2 is 1.95 bits per heavy atom. The largest absolute Gasteiger partial charge is 0.307 e. The molecule has 1 heterocycles.